The summed E-state index contributed by atoms with van der Waals surface area (Å²) >= 11 is 0. The Morgan fingerprint density at radius 3 is 2.54 bits per heavy atom. The Balaban J connectivity index is 0.00000225. The number of fused-ring (bicyclic) bond motifs is 1. The molecule has 1 unspecified atom stereocenters. The van der Waals surface area contributed by atoms with Gasteiger partial charge in [-0.1, -0.05) is 6.07 Å². The molecule has 1 fully saturated rings. The first-order valence-corrected chi connectivity index (χ1v) is 9.41. The van der Waals surface area contributed by atoms with E-state index in [1.807, 2.05) is 0 Å². The summed E-state index contributed by atoms with van der Waals surface area (Å²) in [5.41, 5.74) is -0.149. The van der Waals surface area contributed by atoms with Crippen LogP contribution >= 0.6 is 12.4 Å². The van der Waals surface area contributed by atoms with E-state index in [0.29, 0.717) is 13.1 Å². The van der Waals surface area contributed by atoms with Gasteiger partial charge in [0.1, 0.15) is 23.3 Å². The van der Waals surface area contributed by atoms with Gasteiger partial charge in [-0.25, -0.2) is 8.78 Å². The number of halogens is 3. The summed E-state index contributed by atoms with van der Waals surface area (Å²) in [5.74, 6) is -0.206. The maximum absolute atomic E-state index is 14.0. The summed E-state index contributed by atoms with van der Waals surface area (Å²) in [6, 6.07) is 3.70. The van der Waals surface area contributed by atoms with E-state index in [4.69, 9.17) is 0 Å². The average molecular weight is 412 g/mol. The number of benzene rings is 1. The summed E-state index contributed by atoms with van der Waals surface area (Å²) in [5, 5.41) is 11.9. The molecule has 4 rings (SSSR count). The number of rotatable bonds is 3. The van der Waals surface area contributed by atoms with Gasteiger partial charge in [-0.05, 0) is 31.9 Å². The minimum atomic E-state index is -0.838. The number of nitrogens with zero attached hydrogens (tertiary/aromatic N) is 4. The minimum absolute atomic E-state index is 0. The second-order valence-corrected chi connectivity index (χ2v) is 7.26. The fourth-order valence-corrected chi connectivity index (χ4v) is 4.10. The topological polar surface area (TPSA) is 63.1 Å². The highest BCUT2D eigenvalue weighted by Crippen LogP contribution is 2.30. The van der Waals surface area contributed by atoms with E-state index in [0.717, 1.165) is 44.1 Å². The molecule has 0 spiro atoms. The van der Waals surface area contributed by atoms with Crippen LogP contribution < -0.4 is 5.32 Å². The molecule has 0 radical (unpaired) electrons. The molecule has 0 saturated carbocycles. The molecule has 1 N–H and O–H groups in total. The van der Waals surface area contributed by atoms with Gasteiger partial charge < -0.3 is 14.8 Å². The largest absolute Gasteiger partial charge is 0.342 e. The first-order chi connectivity index (χ1) is 13.1. The maximum Gasteiger partial charge on any atom is 0.230 e. The van der Waals surface area contributed by atoms with Crippen LogP contribution in [-0.4, -0.2) is 45.2 Å². The molecule has 0 bridgehead atoms. The normalized spacial score (nSPS) is 18.3. The zero-order chi connectivity index (χ0) is 19.0. The van der Waals surface area contributed by atoms with Gasteiger partial charge in [-0.15, -0.1) is 22.6 Å². The van der Waals surface area contributed by atoms with Gasteiger partial charge in [0.25, 0.3) is 0 Å². The van der Waals surface area contributed by atoms with Crippen LogP contribution in [0.5, 0.6) is 0 Å². The van der Waals surface area contributed by atoms with E-state index in [-0.39, 0.29) is 29.8 Å². The van der Waals surface area contributed by atoms with Gasteiger partial charge in [-0.3, -0.25) is 4.79 Å². The summed E-state index contributed by atoms with van der Waals surface area (Å²) in [4.78, 5) is 14.5. The average Bonchev–Trinajstić information content (AvgIpc) is 3.11. The Hall–Kier alpha value is -2.06. The number of aromatic nitrogens is 3. The molecular formula is C19H24ClF2N5O. The van der Waals surface area contributed by atoms with Gasteiger partial charge in [0.05, 0.1) is 12.5 Å². The van der Waals surface area contributed by atoms with E-state index in [2.05, 4.69) is 20.1 Å². The number of carbonyl (C=O) groups is 1. The standard InChI is InChI=1S/C19H23F2N5O.ClH/c1-12(17-14(20)3-2-4-15(17)21)19(27)25-8-5-13(6-9-25)18-24-23-16-11-22-7-10-26(16)18;/h2-4,12-13,22H,5-11H2,1H3;1H. The monoisotopic (exact) mass is 411 g/mol. The highest BCUT2D eigenvalue weighted by molar-refractivity contribution is 5.85. The van der Waals surface area contributed by atoms with Crippen molar-refractivity contribution in [2.45, 2.75) is 44.7 Å². The van der Waals surface area contributed by atoms with Crippen molar-refractivity contribution >= 4 is 18.3 Å². The van der Waals surface area contributed by atoms with Gasteiger partial charge in [-0.2, -0.15) is 0 Å². The lowest BCUT2D eigenvalue weighted by Gasteiger charge is -2.33. The lowest BCUT2D eigenvalue weighted by atomic mass is 9.93. The van der Waals surface area contributed by atoms with E-state index in [1.54, 1.807) is 11.8 Å². The van der Waals surface area contributed by atoms with Gasteiger partial charge in [0.2, 0.25) is 5.91 Å². The molecule has 1 atom stereocenters. The first kappa shape index (κ1) is 20.7. The van der Waals surface area contributed by atoms with Gasteiger partial charge in [0, 0.05) is 37.7 Å². The molecule has 152 valence electrons. The van der Waals surface area contributed by atoms with Crippen LogP contribution in [0.4, 0.5) is 8.78 Å². The van der Waals surface area contributed by atoms with Crippen molar-refractivity contribution in [1.82, 2.24) is 25.0 Å². The van der Waals surface area contributed by atoms with Crippen LogP contribution in [-0.2, 0) is 17.9 Å². The summed E-state index contributed by atoms with van der Waals surface area (Å²) < 4.78 is 30.2. The summed E-state index contributed by atoms with van der Waals surface area (Å²) in [7, 11) is 0. The SMILES string of the molecule is CC(C(=O)N1CCC(c2nnc3n2CCNC3)CC1)c1c(F)cccc1F.Cl. The number of hydrogen-bond acceptors (Lipinski definition) is 4. The number of nitrogens with one attached hydrogen (secondary N) is 1. The van der Waals surface area contributed by atoms with Gasteiger partial charge >= 0.3 is 0 Å². The third kappa shape index (κ3) is 3.75. The first-order valence-electron chi connectivity index (χ1n) is 9.41. The molecule has 9 heteroatoms. The fourth-order valence-electron chi connectivity index (χ4n) is 4.10. The van der Waals surface area contributed by atoms with E-state index < -0.39 is 17.6 Å². The molecule has 2 aliphatic heterocycles. The third-order valence-electron chi connectivity index (χ3n) is 5.63. The summed E-state index contributed by atoms with van der Waals surface area (Å²) in [6.45, 7) is 5.18. The number of hydrogen-bond donors (Lipinski definition) is 1. The van der Waals surface area contributed by atoms with Crippen molar-refractivity contribution in [2.75, 3.05) is 19.6 Å². The molecular weight excluding hydrogens is 388 g/mol. The molecule has 2 aromatic rings. The second-order valence-electron chi connectivity index (χ2n) is 7.26. The van der Waals surface area contributed by atoms with Crippen LogP contribution in [0.1, 0.15) is 48.8 Å². The van der Waals surface area contributed by atoms with Crippen LogP contribution in [0.15, 0.2) is 18.2 Å². The van der Waals surface area contributed by atoms with E-state index in [1.165, 1.54) is 18.2 Å². The van der Waals surface area contributed by atoms with E-state index in [9.17, 15) is 13.6 Å². The summed E-state index contributed by atoms with van der Waals surface area (Å²) in [6.07, 6.45) is 1.56. The van der Waals surface area contributed by atoms with Crippen LogP contribution in [0.3, 0.4) is 0 Å². The molecule has 1 saturated heterocycles. The maximum atomic E-state index is 14.0. The lowest BCUT2D eigenvalue weighted by Crippen LogP contribution is -2.41. The quantitative estimate of drug-likeness (QED) is 0.843. The molecule has 0 aliphatic carbocycles. The molecule has 1 aromatic heterocycles. The zero-order valence-electron chi connectivity index (χ0n) is 15.7. The Kier molecular flexibility index (Phi) is 6.30. The number of carbonyl (C=O) groups excluding carboxylic acids is 1. The molecule has 28 heavy (non-hydrogen) atoms. The molecule has 2 aliphatic rings. The van der Waals surface area contributed by atoms with E-state index >= 15 is 0 Å². The highest BCUT2D eigenvalue weighted by atomic mass is 35.5. The van der Waals surface area contributed by atoms with Crippen molar-refractivity contribution in [3.63, 3.8) is 0 Å². The van der Waals surface area contributed by atoms with Crippen molar-refractivity contribution in [1.29, 1.82) is 0 Å². The number of likely N-dealkylation sites (tertiary alicyclic amines) is 1. The van der Waals surface area contributed by atoms with Crippen molar-refractivity contribution in [3.05, 3.63) is 47.0 Å². The van der Waals surface area contributed by atoms with Crippen molar-refractivity contribution in [2.24, 2.45) is 0 Å². The van der Waals surface area contributed by atoms with Crippen molar-refractivity contribution in [3.8, 4) is 0 Å². The zero-order valence-corrected chi connectivity index (χ0v) is 16.5. The minimum Gasteiger partial charge on any atom is -0.342 e. The predicted molar refractivity (Wildman–Crippen MR) is 102 cm³/mol. The molecule has 1 amide bonds. The molecule has 1 aromatic carbocycles. The van der Waals surface area contributed by atoms with Gasteiger partial charge in [0.15, 0.2) is 0 Å². The lowest BCUT2D eigenvalue weighted by molar-refractivity contribution is -0.133. The Bertz CT molecular complexity index is 831. The van der Waals surface area contributed by atoms with Crippen molar-refractivity contribution < 1.29 is 13.6 Å². The molecule has 6 nitrogen and oxygen atoms in total. The third-order valence-corrected chi connectivity index (χ3v) is 5.63. The number of amides is 1. The van der Waals surface area contributed by atoms with Crippen LogP contribution in [0.2, 0.25) is 0 Å². The Labute approximate surface area is 168 Å². The van der Waals surface area contributed by atoms with Crippen LogP contribution in [0, 0.1) is 11.6 Å². The fraction of sp³-hybridized carbons (Fsp3) is 0.526. The number of piperidine rings is 1. The van der Waals surface area contributed by atoms with Crippen LogP contribution in [0.25, 0.3) is 0 Å². The molecule has 3 heterocycles. The second kappa shape index (κ2) is 8.53. The highest BCUT2D eigenvalue weighted by Gasteiger charge is 2.32. The Morgan fingerprint density at radius 1 is 1.18 bits per heavy atom. The smallest absolute Gasteiger partial charge is 0.230 e. The Morgan fingerprint density at radius 2 is 1.86 bits per heavy atom. The predicted octanol–water partition coefficient (Wildman–Crippen LogP) is 2.59.